The summed E-state index contributed by atoms with van der Waals surface area (Å²) in [7, 11) is 1.57. The van der Waals surface area contributed by atoms with Crippen molar-refractivity contribution < 1.29 is 14.3 Å². The second-order valence-electron chi connectivity index (χ2n) is 4.48. The average molecular weight is 262 g/mol. The molecule has 1 aromatic rings. The molecule has 19 heavy (non-hydrogen) atoms. The lowest BCUT2D eigenvalue weighted by Crippen LogP contribution is -2.35. The number of para-hydroxylation sites is 2. The van der Waals surface area contributed by atoms with Gasteiger partial charge in [-0.15, -0.1) is 0 Å². The van der Waals surface area contributed by atoms with Gasteiger partial charge in [-0.2, -0.15) is 0 Å². The van der Waals surface area contributed by atoms with Gasteiger partial charge >= 0.3 is 0 Å². The molecule has 1 aliphatic rings. The number of hydrogen-bond acceptors (Lipinski definition) is 4. The van der Waals surface area contributed by atoms with Gasteiger partial charge < -0.3 is 10.1 Å². The lowest BCUT2D eigenvalue weighted by atomic mass is 10.2. The van der Waals surface area contributed by atoms with Crippen LogP contribution in [0.2, 0.25) is 0 Å². The van der Waals surface area contributed by atoms with Crippen LogP contribution in [0.15, 0.2) is 24.3 Å². The van der Waals surface area contributed by atoms with E-state index in [1.165, 1.54) is 4.90 Å². The number of nitrogens with one attached hydrogen (secondary N) is 1. The van der Waals surface area contributed by atoms with Gasteiger partial charge in [-0.1, -0.05) is 19.1 Å². The number of benzene rings is 1. The van der Waals surface area contributed by atoms with Crippen LogP contribution in [-0.4, -0.2) is 36.4 Å². The maximum absolute atomic E-state index is 12.1. The summed E-state index contributed by atoms with van der Waals surface area (Å²) in [4.78, 5) is 25.2. The summed E-state index contributed by atoms with van der Waals surface area (Å²) in [6.07, 6.45) is 0.982. The van der Waals surface area contributed by atoms with Crippen molar-refractivity contribution >= 4 is 17.5 Å². The third kappa shape index (κ3) is 2.70. The van der Waals surface area contributed by atoms with Crippen molar-refractivity contribution in [1.29, 1.82) is 0 Å². The highest BCUT2D eigenvalue weighted by Gasteiger charge is 2.38. The summed E-state index contributed by atoms with van der Waals surface area (Å²) in [6.45, 7) is 2.43. The second-order valence-corrected chi connectivity index (χ2v) is 4.48. The number of nitrogens with zero attached hydrogens (tertiary/aromatic N) is 1. The molecule has 0 aromatic heterocycles. The zero-order chi connectivity index (χ0) is 13.8. The van der Waals surface area contributed by atoms with Gasteiger partial charge in [0.1, 0.15) is 11.8 Å². The first kappa shape index (κ1) is 13.4. The van der Waals surface area contributed by atoms with E-state index < -0.39 is 6.04 Å². The SMILES string of the molecule is CCCN1C(=O)CC(Nc2ccccc2OC)C1=O. The highest BCUT2D eigenvalue weighted by Crippen LogP contribution is 2.26. The first-order valence-electron chi connectivity index (χ1n) is 6.41. The van der Waals surface area contributed by atoms with Gasteiger partial charge in [-0.25, -0.2) is 0 Å². The van der Waals surface area contributed by atoms with Gasteiger partial charge in [0.25, 0.3) is 5.91 Å². The maximum atomic E-state index is 12.1. The maximum Gasteiger partial charge on any atom is 0.252 e. The number of carbonyl (C=O) groups excluding carboxylic acids is 2. The summed E-state index contributed by atoms with van der Waals surface area (Å²) in [5, 5.41) is 3.09. The van der Waals surface area contributed by atoms with E-state index in [1.54, 1.807) is 7.11 Å². The summed E-state index contributed by atoms with van der Waals surface area (Å²) >= 11 is 0. The fourth-order valence-electron chi connectivity index (χ4n) is 2.21. The average Bonchev–Trinajstić information content (AvgIpc) is 2.67. The number of imide groups is 1. The minimum Gasteiger partial charge on any atom is -0.495 e. The Morgan fingerprint density at radius 3 is 2.79 bits per heavy atom. The second kappa shape index (κ2) is 5.73. The topological polar surface area (TPSA) is 58.6 Å². The zero-order valence-electron chi connectivity index (χ0n) is 11.2. The van der Waals surface area contributed by atoms with E-state index >= 15 is 0 Å². The lowest BCUT2D eigenvalue weighted by Gasteiger charge is -2.16. The predicted molar refractivity (Wildman–Crippen MR) is 72.0 cm³/mol. The van der Waals surface area contributed by atoms with Crippen molar-refractivity contribution in [3.05, 3.63) is 24.3 Å². The number of amides is 2. The highest BCUT2D eigenvalue weighted by atomic mass is 16.5. The molecular formula is C14H18N2O3. The van der Waals surface area contributed by atoms with E-state index in [-0.39, 0.29) is 18.2 Å². The number of likely N-dealkylation sites (tertiary alicyclic amines) is 1. The van der Waals surface area contributed by atoms with Crippen LogP contribution in [0.25, 0.3) is 0 Å². The van der Waals surface area contributed by atoms with Gasteiger partial charge in [0.05, 0.1) is 19.2 Å². The molecule has 0 bridgehead atoms. The van der Waals surface area contributed by atoms with Crippen LogP contribution >= 0.6 is 0 Å². The zero-order valence-corrected chi connectivity index (χ0v) is 11.2. The van der Waals surface area contributed by atoms with Crippen LogP contribution in [0.5, 0.6) is 5.75 Å². The first-order chi connectivity index (χ1) is 9.17. The van der Waals surface area contributed by atoms with Crippen molar-refractivity contribution in [2.75, 3.05) is 19.0 Å². The summed E-state index contributed by atoms with van der Waals surface area (Å²) in [5.74, 6) is 0.397. The number of methoxy groups -OCH3 is 1. The Bertz CT molecular complexity index is 487. The summed E-state index contributed by atoms with van der Waals surface area (Å²) in [5.41, 5.74) is 0.731. The van der Waals surface area contributed by atoms with E-state index in [9.17, 15) is 9.59 Å². The minimum absolute atomic E-state index is 0.112. The molecule has 102 valence electrons. The van der Waals surface area contributed by atoms with E-state index in [2.05, 4.69) is 5.32 Å². The predicted octanol–water partition coefficient (Wildman–Crippen LogP) is 1.64. The molecular weight excluding hydrogens is 244 g/mol. The van der Waals surface area contributed by atoms with E-state index in [4.69, 9.17) is 4.74 Å². The van der Waals surface area contributed by atoms with Crippen molar-refractivity contribution in [1.82, 2.24) is 4.90 Å². The Balaban J connectivity index is 2.12. The molecule has 1 aromatic carbocycles. The van der Waals surface area contributed by atoms with E-state index in [1.807, 2.05) is 31.2 Å². The Labute approximate surface area is 112 Å². The fourth-order valence-corrected chi connectivity index (χ4v) is 2.21. The molecule has 1 fully saturated rings. The number of anilines is 1. The van der Waals surface area contributed by atoms with Gasteiger partial charge in [0, 0.05) is 6.54 Å². The van der Waals surface area contributed by atoms with Crippen LogP contribution in [0.4, 0.5) is 5.69 Å². The Hall–Kier alpha value is -2.04. The standard InChI is InChI=1S/C14H18N2O3/c1-3-8-16-13(17)9-11(14(16)18)15-10-6-4-5-7-12(10)19-2/h4-7,11,15H,3,8-9H2,1-2H3. The third-order valence-corrected chi connectivity index (χ3v) is 3.13. The molecule has 0 aliphatic carbocycles. The smallest absolute Gasteiger partial charge is 0.252 e. The molecule has 1 unspecified atom stereocenters. The van der Waals surface area contributed by atoms with Gasteiger partial charge in [-0.05, 0) is 18.6 Å². The lowest BCUT2D eigenvalue weighted by molar-refractivity contribution is -0.138. The molecule has 1 atom stereocenters. The van der Waals surface area contributed by atoms with Crippen molar-refractivity contribution in [2.24, 2.45) is 0 Å². The number of hydrogen-bond donors (Lipinski definition) is 1. The third-order valence-electron chi connectivity index (χ3n) is 3.13. The summed E-state index contributed by atoms with van der Waals surface area (Å²) < 4.78 is 5.22. The normalized spacial score (nSPS) is 18.8. The Kier molecular flexibility index (Phi) is 4.04. The molecule has 1 N–H and O–H groups in total. The minimum atomic E-state index is -0.490. The van der Waals surface area contributed by atoms with Gasteiger partial charge in [0.2, 0.25) is 5.91 Å². The molecule has 1 heterocycles. The van der Waals surface area contributed by atoms with Gasteiger partial charge in [-0.3, -0.25) is 14.5 Å². The van der Waals surface area contributed by atoms with Crippen LogP contribution in [-0.2, 0) is 9.59 Å². The summed E-state index contributed by atoms with van der Waals surface area (Å²) in [6, 6.07) is 6.87. The molecule has 0 radical (unpaired) electrons. The number of rotatable bonds is 5. The monoisotopic (exact) mass is 262 g/mol. The first-order valence-corrected chi connectivity index (χ1v) is 6.41. The Morgan fingerprint density at radius 2 is 2.11 bits per heavy atom. The molecule has 2 amide bonds. The number of carbonyl (C=O) groups is 2. The number of ether oxygens (including phenoxy) is 1. The highest BCUT2D eigenvalue weighted by molar-refractivity contribution is 6.06. The molecule has 5 heteroatoms. The van der Waals surface area contributed by atoms with Crippen LogP contribution in [0.3, 0.4) is 0 Å². The van der Waals surface area contributed by atoms with E-state index in [0.717, 1.165) is 12.1 Å². The van der Waals surface area contributed by atoms with Gasteiger partial charge in [0.15, 0.2) is 0 Å². The molecule has 0 saturated carbocycles. The molecule has 1 saturated heterocycles. The molecule has 2 rings (SSSR count). The molecule has 5 nitrogen and oxygen atoms in total. The molecule has 0 spiro atoms. The van der Waals surface area contributed by atoms with Crippen molar-refractivity contribution in [3.63, 3.8) is 0 Å². The fraction of sp³-hybridized carbons (Fsp3) is 0.429. The largest absolute Gasteiger partial charge is 0.495 e. The van der Waals surface area contributed by atoms with Crippen molar-refractivity contribution in [2.45, 2.75) is 25.8 Å². The quantitative estimate of drug-likeness (QED) is 0.820. The van der Waals surface area contributed by atoms with Crippen LogP contribution in [0.1, 0.15) is 19.8 Å². The van der Waals surface area contributed by atoms with Crippen LogP contribution < -0.4 is 10.1 Å². The van der Waals surface area contributed by atoms with Crippen molar-refractivity contribution in [3.8, 4) is 5.75 Å². The Morgan fingerprint density at radius 1 is 1.37 bits per heavy atom. The van der Waals surface area contributed by atoms with E-state index in [0.29, 0.717) is 12.3 Å². The molecule has 1 aliphatic heterocycles. The van der Waals surface area contributed by atoms with Crippen LogP contribution in [0, 0.1) is 0 Å².